The van der Waals surface area contributed by atoms with Crippen molar-refractivity contribution in [2.75, 3.05) is 26.1 Å². The molecule has 15 heteroatoms. The number of carbonyl (C=O) groups is 1. The summed E-state index contributed by atoms with van der Waals surface area (Å²) in [7, 11) is 0.170. The number of nitrogens with one attached hydrogen (secondary N) is 2. The van der Waals surface area contributed by atoms with Gasteiger partial charge in [-0.05, 0) is 41.0 Å². The van der Waals surface area contributed by atoms with Crippen LogP contribution in [0.15, 0.2) is 90.0 Å². The summed E-state index contributed by atoms with van der Waals surface area (Å²) in [6.07, 6.45) is -1.12. The van der Waals surface area contributed by atoms with Crippen molar-refractivity contribution in [3.05, 3.63) is 112 Å². The van der Waals surface area contributed by atoms with E-state index in [1.54, 1.807) is 28.1 Å². The van der Waals surface area contributed by atoms with Crippen LogP contribution >= 0.6 is 8.25 Å². The van der Waals surface area contributed by atoms with Gasteiger partial charge in [0.2, 0.25) is 11.9 Å². The van der Waals surface area contributed by atoms with Crippen molar-refractivity contribution < 1.29 is 37.7 Å². The third-order valence-electron chi connectivity index (χ3n) is 8.50. The highest BCUT2D eigenvalue weighted by Gasteiger charge is 2.46. The van der Waals surface area contributed by atoms with E-state index in [2.05, 4.69) is 20.3 Å². The highest BCUT2D eigenvalue weighted by atomic mass is 31.1. The number of amides is 1. The van der Waals surface area contributed by atoms with Gasteiger partial charge in [0.15, 0.2) is 23.5 Å². The Labute approximate surface area is 288 Å². The fraction of sp³-hybridized carbons (Fsp3) is 0.314. The molecule has 3 N–H and O–H groups in total. The molecular weight excluding hydrogens is 665 g/mol. The maximum Gasteiger partial charge on any atom is 0.695 e. The first-order chi connectivity index (χ1) is 24.1. The number of methoxy groups -OCH3 is 2. The van der Waals surface area contributed by atoms with Crippen molar-refractivity contribution >= 4 is 31.3 Å². The standard InChI is InChI=1S/C35H36N5O9P/c1-21(2)31(41)38-34-37-30-29(32(42)39-34)36-20-40(30)33-28(49-50(43)44)18-27(48-33)19-47-35(22-8-6-5-7-9-22,23-10-14-25(45-3)15-11-23)24-12-16-26(46-4)17-13-24/h5-17,20-21,27-28,33H,18-19H2,1-4H3,(H2-,37,38,39,41,42,43,44)/p+1/t27-,28+,33+/m0/s1. The van der Waals surface area contributed by atoms with Crippen LogP contribution in [0.3, 0.4) is 0 Å². The molecule has 14 nitrogen and oxygen atoms in total. The van der Waals surface area contributed by atoms with E-state index in [4.69, 9.17) is 23.5 Å². The molecule has 0 saturated carbocycles. The van der Waals surface area contributed by atoms with Crippen LogP contribution in [0.25, 0.3) is 11.2 Å². The molecule has 0 bridgehead atoms. The summed E-state index contributed by atoms with van der Waals surface area (Å²) in [4.78, 5) is 46.2. The van der Waals surface area contributed by atoms with Gasteiger partial charge < -0.3 is 18.9 Å². The quantitative estimate of drug-likeness (QED) is 0.110. The summed E-state index contributed by atoms with van der Waals surface area (Å²) in [5, 5.41) is 2.59. The van der Waals surface area contributed by atoms with Crippen LogP contribution in [0.2, 0.25) is 0 Å². The average Bonchev–Trinajstić information content (AvgIpc) is 3.73. The molecule has 1 aliphatic heterocycles. The van der Waals surface area contributed by atoms with E-state index >= 15 is 0 Å². The summed E-state index contributed by atoms with van der Waals surface area (Å²) in [6.45, 7) is 3.43. The molecule has 1 fully saturated rings. The van der Waals surface area contributed by atoms with Crippen LogP contribution in [0.5, 0.6) is 11.5 Å². The van der Waals surface area contributed by atoms with Crippen LogP contribution in [0.1, 0.15) is 43.2 Å². The maximum atomic E-state index is 12.9. The van der Waals surface area contributed by atoms with Crippen molar-refractivity contribution in [1.29, 1.82) is 0 Å². The molecule has 0 aliphatic carbocycles. The Morgan fingerprint density at radius 2 is 1.62 bits per heavy atom. The number of anilines is 1. The molecule has 1 aliphatic rings. The van der Waals surface area contributed by atoms with Gasteiger partial charge in [0.05, 0.1) is 33.3 Å². The van der Waals surface area contributed by atoms with Gasteiger partial charge in [0.25, 0.3) is 5.56 Å². The lowest BCUT2D eigenvalue weighted by Gasteiger charge is -2.37. The van der Waals surface area contributed by atoms with Crippen LogP contribution in [0.4, 0.5) is 5.95 Å². The molecule has 3 heterocycles. The number of benzene rings is 3. The van der Waals surface area contributed by atoms with E-state index in [-0.39, 0.29) is 42.0 Å². The van der Waals surface area contributed by atoms with Crippen LogP contribution < -0.4 is 20.3 Å². The highest BCUT2D eigenvalue weighted by molar-refractivity contribution is 7.32. The predicted octanol–water partition coefficient (Wildman–Crippen LogP) is 5.06. The molecule has 260 valence electrons. The van der Waals surface area contributed by atoms with Gasteiger partial charge in [-0.2, -0.15) is 4.98 Å². The molecule has 1 saturated heterocycles. The molecule has 0 radical (unpaired) electrons. The van der Waals surface area contributed by atoms with Crippen molar-refractivity contribution in [2.24, 2.45) is 5.92 Å². The van der Waals surface area contributed by atoms with E-state index in [9.17, 15) is 19.0 Å². The third-order valence-corrected chi connectivity index (χ3v) is 8.95. The molecule has 3 aromatic carbocycles. The number of imidazole rings is 1. The van der Waals surface area contributed by atoms with Gasteiger partial charge in [-0.25, -0.2) is 4.98 Å². The fourth-order valence-corrected chi connectivity index (χ4v) is 6.43. The number of fused-ring (bicyclic) bond motifs is 1. The number of aromatic nitrogens is 4. The highest BCUT2D eigenvalue weighted by Crippen LogP contribution is 2.44. The largest absolute Gasteiger partial charge is 0.695 e. The topological polar surface area (TPSA) is 176 Å². The smallest absolute Gasteiger partial charge is 0.497 e. The molecular formula is C35H37N5O9P+. The van der Waals surface area contributed by atoms with Crippen molar-refractivity contribution in [1.82, 2.24) is 19.5 Å². The van der Waals surface area contributed by atoms with E-state index in [0.717, 1.165) is 16.7 Å². The number of H-pyrrole nitrogens is 1. The number of hydrogen-bond donors (Lipinski definition) is 3. The van der Waals surface area contributed by atoms with Crippen LogP contribution in [-0.2, 0) is 29.0 Å². The van der Waals surface area contributed by atoms with Gasteiger partial charge in [0, 0.05) is 16.9 Å². The van der Waals surface area contributed by atoms with E-state index < -0.39 is 37.9 Å². The average molecular weight is 703 g/mol. The first kappa shape index (κ1) is 34.9. The van der Waals surface area contributed by atoms with Gasteiger partial charge >= 0.3 is 8.25 Å². The van der Waals surface area contributed by atoms with Crippen molar-refractivity contribution in [2.45, 2.75) is 44.3 Å². The second-order valence-electron chi connectivity index (χ2n) is 12.0. The fourth-order valence-electron chi connectivity index (χ4n) is 6.00. The summed E-state index contributed by atoms with van der Waals surface area (Å²) in [5.74, 6) is 0.576. The van der Waals surface area contributed by atoms with E-state index in [1.807, 2.05) is 78.9 Å². The first-order valence-electron chi connectivity index (χ1n) is 15.9. The van der Waals surface area contributed by atoms with Gasteiger partial charge in [-0.15, -0.1) is 9.42 Å². The normalized spacial score (nSPS) is 18.0. The summed E-state index contributed by atoms with van der Waals surface area (Å²) >= 11 is 0. The number of nitrogens with zero attached hydrogens (tertiary/aromatic N) is 3. The minimum Gasteiger partial charge on any atom is -0.497 e. The van der Waals surface area contributed by atoms with Crippen LogP contribution in [0, 0.1) is 5.92 Å². The zero-order chi connectivity index (χ0) is 35.4. The van der Waals surface area contributed by atoms with Crippen molar-refractivity contribution in [3.8, 4) is 11.5 Å². The third kappa shape index (κ3) is 7.02. The summed E-state index contributed by atoms with van der Waals surface area (Å²) < 4.78 is 43.2. The molecule has 0 spiro atoms. The Kier molecular flexibility index (Phi) is 10.4. The molecule has 1 unspecified atom stereocenters. The van der Waals surface area contributed by atoms with Crippen LogP contribution in [-0.4, -0.2) is 63.4 Å². The molecule has 5 aromatic rings. The predicted molar refractivity (Wildman–Crippen MR) is 183 cm³/mol. The Hall–Kier alpha value is -4.98. The number of hydrogen-bond acceptors (Lipinski definition) is 10. The Balaban J connectivity index is 1.38. The number of ether oxygens (including phenoxy) is 4. The monoisotopic (exact) mass is 702 g/mol. The van der Waals surface area contributed by atoms with Gasteiger partial charge in [-0.3, -0.25) is 24.5 Å². The maximum absolute atomic E-state index is 12.9. The lowest BCUT2D eigenvalue weighted by molar-refractivity contribution is -0.118. The zero-order valence-corrected chi connectivity index (χ0v) is 28.7. The number of carbonyl (C=O) groups excluding carboxylic acids is 1. The zero-order valence-electron chi connectivity index (χ0n) is 27.8. The lowest BCUT2D eigenvalue weighted by atomic mass is 9.80. The van der Waals surface area contributed by atoms with Gasteiger partial charge in [-0.1, -0.05) is 68.4 Å². The minimum atomic E-state index is -3.03. The Morgan fingerprint density at radius 1 is 1.02 bits per heavy atom. The lowest BCUT2D eigenvalue weighted by Crippen LogP contribution is -2.35. The second kappa shape index (κ2) is 14.9. The Morgan fingerprint density at radius 3 is 2.18 bits per heavy atom. The first-order valence-corrected chi connectivity index (χ1v) is 17.0. The number of aromatic amines is 1. The second-order valence-corrected chi connectivity index (χ2v) is 12.7. The molecule has 2 aromatic heterocycles. The Bertz CT molecular complexity index is 1970. The summed E-state index contributed by atoms with van der Waals surface area (Å²) in [5.41, 5.74) is 0.839. The SMILES string of the molecule is COc1ccc(C(OC[C@@H]2C[C@@H](O[P+](=O)O)[C@H](n3cnc4c(=O)[nH]c(NC(=O)C(C)C)nc43)O2)(c2ccccc2)c2ccc(OC)cc2)cc1. The summed E-state index contributed by atoms with van der Waals surface area (Å²) in [6, 6.07) is 24.9. The van der Waals surface area contributed by atoms with E-state index in [0.29, 0.717) is 11.5 Å². The number of rotatable bonds is 13. The van der Waals surface area contributed by atoms with Gasteiger partial charge in [0.1, 0.15) is 17.1 Å². The van der Waals surface area contributed by atoms with E-state index in [1.165, 1.54) is 10.9 Å². The molecule has 4 atom stereocenters. The molecule has 6 rings (SSSR count). The molecule has 1 amide bonds. The molecule has 50 heavy (non-hydrogen) atoms. The minimum absolute atomic E-state index is 0.00918. The van der Waals surface area contributed by atoms with Crippen molar-refractivity contribution in [3.63, 3.8) is 0 Å².